The van der Waals surface area contributed by atoms with Gasteiger partial charge in [0.05, 0.1) is 5.54 Å². The summed E-state index contributed by atoms with van der Waals surface area (Å²) in [7, 11) is 0. The molecule has 0 saturated carbocycles. The van der Waals surface area contributed by atoms with Crippen molar-refractivity contribution in [1.29, 1.82) is 0 Å². The fourth-order valence-electron chi connectivity index (χ4n) is 5.93. The molecule has 0 aliphatic heterocycles. The van der Waals surface area contributed by atoms with E-state index in [2.05, 4.69) is 127 Å². The van der Waals surface area contributed by atoms with Crippen molar-refractivity contribution in [1.82, 2.24) is 0 Å². The summed E-state index contributed by atoms with van der Waals surface area (Å²) in [6.45, 7) is 0. The maximum Gasteiger partial charge on any atom is 0.0947 e. The Bertz CT molecular complexity index is 1720. The monoisotopic (exact) mass is 433 g/mol. The highest BCUT2D eigenvalue weighted by Gasteiger charge is 2.44. The highest BCUT2D eigenvalue weighted by Crippen LogP contribution is 2.54. The molecule has 1 atom stereocenters. The fraction of sp³-hybridized carbons (Fsp3) is 0.0303. The van der Waals surface area contributed by atoms with E-state index in [1.165, 1.54) is 49.4 Å². The van der Waals surface area contributed by atoms with E-state index in [-0.39, 0.29) is 0 Å². The molecule has 0 radical (unpaired) electrons. The van der Waals surface area contributed by atoms with Crippen molar-refractivity contribution in [3.8, 4) is 22.3 Å². The molecular weight excluding hydrogens is 410 g/mol. The molecule has 1 nitrogen and oxygen atoms in total. The van der Waals surface area contributed by atoms with Gasteiger partial charge in [0.15, 0.2) is 0 Å². The maximum atomic E-state index is 7.65. The van der Waals surface area contributed by atoms with Gasteiger partial charge in [-0.2, -0.15) is 0 Å². The largest absolute Gasteiger partial charge is 0.314 e. The highest BCUT2D eigenvalue weighted by molar-refractivity contribution is 6.01. The van der Waals surface area contributed by atoms with Crippen molar-refractivity contribution in [3.05, 3.63) is 144 Å². The standard InChI is InChI=1S/C33H23N/c34-33(30-21-8-13-23-11-2-4-15-25(23)30)31-20-6-5-16-27(31)29-19-9-18-28(32(29)33)26-17-7-12-22-10-1-3-14-24(22)26/h1-21H,34H2. The molecule has 1 aliphatic carbocycles. The second-order valence-corrected chi connectivity index (χ2v) is 9.14. The van der Waals surface area contributed by atoms with Gasteiger partial charge in [0.25, 0.3) is 0 Å². The zero-order chi connectivity index (χ0) is 22.7. The lowest BCUT2D eigenvalue weighted by atomic mass is 9.76. The van der Waals surface area contributed by atoms with E-state index >= 15 is 0 Å². The van der Waals surface area contributed by atoms with E-state index in [4.69, 9.17) is 5.73 Å². The third kappa shape index (κ3) is 2.53. The van der Waals surface area contributed by atoms with Gasteiger partial charge in [0, 0.05) is 0 Å². The van der Waals surface area contributed by atoms with Crippen molar-refractivity contribution < 1.29 is 0 Å². The molecule has 0 fully saturated rings. The summed E-state index contributed by atoms with van der Waals surface area (Å²) >= 11 is 0. The number of fused-ring (bicyclic) bond motifs is 5. The van der Waals surface area contributed by atoms with Crippen LogP contribution in [-0.4, -0.2) is 0 Å². The van der Waals surface area contributed by atoms with Crippen LogP contribution in [0.25, 0.3) is 43.8 Å². The van der Waals surface area contributed by atoms with Gasteiger partial charge in [-0.3, -0.25) is 0 Å². The molecule has 0 saturated heterocycles. The predicted octanol–water partition coefficient (Wildman–Crippen LogP) is 7.89. The maximum absolute atomic E-state index is 7.65. The summed E-state index contributed by atoms with van der Waals surface area (Å²) in [6.07, 6.45) is 0. The molecular formula is C33H23N. The molecule has 6 aromatic carbocycles. The zero-order valence-corrected chi connectivity index (χ0v) is 18.7. The molecule has 6 aromatic rings. The molecule has 34 heavy (non-hydrogen) atoms. The van der Waals surface area contributed by atoms with Crippen molar-refractivity contribution in [2.45, 2.75) is 5.54 Å². The van der Waals surface area contributed by atoms with Crippen LogP contribution in [0.3, 0.4) is 0 Å². The van der Waals surface area contributed by atoms with E-state index in [1.807, 2.05) is 0 Å². The Balaban J connectivity index is 1.63. The van der Waals surface area contributed by atoms with Gasteiger partial charge in [-0.15, -0.1) is 0 Å². The van der Waals surface area contributed by atoms with Gasteiger partial charge in [0.1, 0.15) is 0 Å². The second kappa shape index (κ2) is 7.15. The molecule has 1 heteroatoms. The van der Waals surface area contributed by atoms with Crippen molar-refractivity contribution in [2.24, 2.45) is 5.73 Å². The number of hydrogen-bond donors (Lipinski definition) is 1. The average Bonchev–Trinajstić information content (AvgIpc) is 3.17. The number of nitrogens with two attached hydrogens (primary N) is 1. The normalized spacial score (nSPS) is 16.5. The van der Waals surface area contributed by atoms with Crippen LogP contribution in [0.1, 0.15) is 16.7 Å². The quantitative estimate of drug-likeness (QED) is 0.295. The first-order chi connectivity index (χ1) is 16.8. The van der Waals surface area contributed by atoms with E-state index in [0.717, 1.165) is 11.1 Å². The highest BCUT2D eigenvalue weighted by atomic mass is 14.8. The molecule has 1 aliphatic rings. The Morgan fingerprint density at radius 1 is 0.382 bits per heavy atom. The molecule has 0 heterocycles. The number of benzene rings is 6. The van der Waals surface area contributed by atoms with Crippen molar-refractivity contribution in [2.75, 3.05) is 0 Å². The van der Waals surface area contributed by atoms with Gasteiger partial charge in [-0.1, -0.05) is 127 Å². The van der Waals surface area contributed by atoms with Crippen LogP contribution in [0.15, 0.2) is 127 Å². The summed E-state index contributed by atoms with van der Waals surface area (Å²) in [4.78, 5) is 0. The second-order valence-electron chi connectivity index (χ2n) is 9.14. The SMILES string of the molecule is NC1(c2cccc3ccccc23)c2ccccc2-c2cccc(-c3cccc4ccccc34)c21. The van der Waals surface area contributed by atoms with Gasteiger partial charge in [-0.25, -0.2) is 0 Å². The summed E-state index contributed by atoms with van der Waals surface area (Å²) in [6, 6.07) is 45.5. The first-order valence-corrected chi connectivity index (χ1v) is 11.8. The van der Waals surface area contributed by atoms with Crippen molar-refractivity contribution >= 4 is 21.5 Å². The van der Waals surface area contributed by atoms with Gasteiger partial charge >= 0.3 is 0 Å². The smallest absolute Gasteiger partial charge is 0.0947 e. The summed E-state index contributed by atoms with van der Waals surface area (Å²) < 4.78 is 0. The Hall–Kier alpha value is -4.20. The molecule has 0 spiro atoms. The lowest BCUT2D eigenvalue weighted by Crippen LogP contribution is -2.38. The summed E-state index contributed by atoms with van der Waals surface area (Å²) in [5, 5.41) is 4.89. The first kappa shape index (κ1) is 19.3. The van der Waals surface area contributed by atoms with E-state index < -0.39 is 5.54 Å². The van der Waals surface area contributed by atoms with Crippen LogP contribution >= 0.6 is 0 Å². The average molecular weight is 434 g/mol. The van der Waals surface area contributed by atoms with E-state index in [9.17, 15) is 0 Å². The Kier molecular flexibility index (Phi) is 4.05. The van der Waals surface area contributed by atoms with Gasteiger partial charge in [-0.05, 0) is 60.5 Å². The van der Waals surface area contributed by atoms with Gasteiger partial charge in [0.2, 0.25) is 0 Å². The molecule has 7 rings (SSSR count). The lowest BCUT2D eigenvalue weighted by Gasteiger charge is -2.31. The minimum Gasteiger partial charge on any atom is -0.314 e. The van der Waals surface area contributed by atoms with E-state index in [1.54, 1.807) is 0 Å². The molecule has 0 bridgehead atoms. The van der Waals surface area contributed by atoms with Crippen LogP contribution in [0.4, 0.5) is 0 Å². The molecule has 160 valence electrons. The topological polar surface area (TPSA) is 26.0 Å². The van der Waals surface area contributed by atoms with Crippen LogP contribution < -0.4 is 5.73 Å². The van der Waals surface area contributed by atoms with Crippen LogP contribution in [-0.2, 0) is 5.54 Å². The minimum absolute atomic E-state index is 0.764. The van der Waals surface area contributed by atoms with Crippen LogP contribution in [0.5, 0.6) is 0 Å². The Labute approximate surface area is 199 Å². The van der Waals surface area contributed by atoms with Crippen molar-refractivity contribution in [3.63, 3.8) is 0 Å². The fourth-order valence-corrected chi connectivity index (χ4v) is 5.93. The Morgan fingerprint density at radius 3 is 1.68 bits per heavy atom. The molecule has 0 amide bonds. The zero-order valence-electron chi connectivity index (χ0n) is 18.7. The summed E-state index contributed by atoms with van der Waals surface area (Å²) in [5.74, 6) is 0. The van der Waals surface area contributed by atoms with Crippen LogP contribution in [0, 0.1) is 0 Å². The predicted molar refractivity (Wildman–Crippen MR) is 143 cm³/mol. The number of hydrogen-bond acceptors (Lipinski definition) is 1. The van der Waals surface area contributed by atoms with Gasteiger partial charge < -0.3 is 5.73 Å². The number of rotatable bonds is 2. The molecule has 1 unspecified atom stereocenters. The Morgan fingerprint density at radius 2 is 0.853 bits per heavy atom. The molecule has 0 aromatic heterocycles. The van der Waals surface area contributed by atoms with Crippen LogP contribution in [0.2, 0.25) is 0 Å². The van der Waals surface area contributed by atoms with E-state index in [0.29, 0.717) is 0 Å². The molecule has 2 N–H and O–H groups in total. The third-order valence-corrected chi connectivity index (χ3v) is 7.40. The summed E-state index contributed by atoms with van der Waals surface area (Å²) in [5.41, 5.74) is 15.2. The lowest BCUT2D eigenvalue weighted by molar-refractivity contribution is 0.680. The third-order valence-electron chi connectivity index (χ3n) is 7.40. The first-order valence-electron chi connectivity index (χ1n) is 11.8. The minimum atomic E-state index is -0.764.